The minimum atomic E-state index is -3.61. The molecule has 0 N–H and O–H groups in total. The molecule has 1 aromatic carbocycles. The molecule has 0 aliphatic rings. The fourth-order valence-electron chi connectivity index (χ4n) is 1.98. The maximum atomic E-state index is 13.0. The van der Waals surface area contributed by atoms with Gasteiger partial charge in [-0.05, 0) is 51.8 Å². The Morgan fingerprint density at radius 1 is 1.21 bits per heavy atom. The zero-order valence-corrected chi connectivity index (χ0v) is 16.1. The maximum absolute atomic E-state index is 13.0. The summed E-state index contributed by atoms with van der Waals surface area (Å²) in [5, 5.41) is 0. The lowest BCUT2D eigenvalue weighted by Crippen LogP contribution is -2.33. The number of benzene rings is 1. The van der Waals surface area contributed by atoms with Crippen LogP contribution in [-0.2, 0) is 10.0 Å². The monoisotopic (exact) mass is 345 g/mol. The van der Waals surface area contributed by atoms with Crippen molar-refractivity contribution in [3.8, 4) is 11.8 Å². The van der Waals surface area contributed by atoms with Gasteiger partial charge in [0.2, 0.25) is 10.0 Å². The predicted octanol–water partition coefficient (Wildman–Crippen LogP) is 4.16. The molecule has 1 aromatic rings. The van der Waals surface area contributed by atoms with Gasteiger partial charge in [0.25, 0.3) is 0 Å². The molecule has 0 radical (unpaired) electrons. The molecule has 0 bridgehead atoms. The van der Waals surface area contributed by atoms with Crippen LogP contribution in [0.5, 0.6) is 0 Å². The van der Waals surface area contributed by atoms with Crippen LogP contribution >= 0.6 is 0 Å². The van der Waals surface area contributed by atoms with Gasteiger partial charge in [-0.15, -0.1) is 5.73 Å². The maximum Gasteiger partial charge on any atom is 0.244 e. The van der Waals surface area contributed by atoms with E-state index in [1.165, 1.54) is 4.31 Å². The van der Waals surface area contributed by atoms with Gasteiger partial charge in [0.1, 0.15) is 0 Å². The molecule has 0 saturated heterocycles. The van der Waals surface area contributed by atoms with Crippen molar-refractivity contribution in [3.05, 3.63) is 47.7 Å². The van der Waals surface area contributed by atoms with Crippen molar-refractivity contribution >= 4 is 10.0 Å². The van der Waals surface area contributed by atoms with Crippen LogP contribution in [0.1, 0.15) is 39.7 Å². The summed E-state index contributed by atoms with van der Waals surface area (Å²) in [6, 6.07) is 6.88. The molecule has 3 nitrogen and oxygen atoms in total. The van der Waals surface area contributed by atoms with E-state index in [2.05, 4.69) is 24.2 Å². The number of rotatable bonds is 6. The first-order valence-corrected chi connectivity index (χ1v) is 9.49. The first-order valence-electron chi connectivity index (χ1n) is 8.05. The second-order valence-corrected chi connectivity index (χ2v) is 8.71. The van der Waals surface area contributed by atoms with E-state index in [4.69, 9.17) is 0 Å². The molecule has 0 spiro atoms. The van der Waals surface area contributed by atoms with E-state index in [9.17, 15) is 8.42 Å². The van der Waals surface area contributed by atoms with Gasteiger partial charge in [-0.3, -0.25) is 0 Å². The predicted molar refractivity (Wildman–Crippen MR) is 100 cm³/mol. The smallest absolute Gasteiger partial charge is 0.207 e. The summed E-state index contributed by atoms with van der Waals surface area (Å²) in [6.45, 7) is 14.0. The van der Waals surface area contributed by atoms with Crippen LogP contribution < -0.4 is 0 Å². The highest BCUT2D eigenvalue weighted by molar-refractivity contribution is 7.89. The van der Waals surface area contributed by atoms with Crippen molar-refractivity contribution < 1.29 is 8.42 Å². The van der Waals surface area contributed by atoms with Gasteiger partial charge in [0.15, 0.2) is 0 Å². The lowest BCUT2D eigenvalue weighted by molar-refractivity contribution is 0.467. The molecule has 130 valence electrons. The number of aryl methyl sites for hydroxylation is 1. The number of hydrogen-bond donors (Lipinski definition) is 0. The number of nitrogens with zero attached hydrogens (tertiary/aromatic N) is 1. The van der Waals surface area contributed by atoms with Crippen molar-refractivity contribution in [1.82, 2.24) is 4.31 Å². The zero-order valence-electron chi connectivity index (χ0n) is 15.3. The Hall–Kier alpha value is -1.79. The molecule has 4 heteroatoms. The molecule has 0 heterocycles. The van der Waals surface area contributed by atoms with Crippen LogP contribution in [0, 0.1) is 24.2 Å². The Morgan fingerprint density at radius 3 is 2.25 bits per heavy atom. The van der Waals surface area contributed by atoms with Gasteiger partial charge >= 0.3 is 0 Å². The zero-order chi connectivity index (χ0) is 18.4. The quantitative estimate of drug-likeness (QED) is 0.573. The molecule has 0 aliphatic heterocycles. The van der Waals surface area contributed by atoms with Crippen LogP contribution in [0.4, 0.5) is 0 Å². The summed E-state index contributed by atoms with van der Waals surface area (Å²) in [4.78, 5) is 0.283. The lowest BCUT2D eigenvalue weighted by atomic mass is 9.98. The molecular formula is C20H27NO2S. The Labute approximate surface area is 147 Å². The molecule has 0 fully saturated rings. The highest BCUT2D eigenvalue weighted by Crippen LogP contribution is 2.18. The second-order valence-electron chi connectivity index (χ2n) is 6.77. The van der Waals surface area contributed by atoms with Gasteiger partial charge in [0.05, 0.1) is 11.4 Å². The average molecular weight is 346 g/mol. The minimum absolute atomic E-state index is 0.151. The molecule has 0 aliphatic carbocycles. The van der Waals surface area contributed by atoms with E-state index < -0.39 is 10.0 Å². The fraction of sp³-hybridized carbons (Fsp3) is 0.450. The summed E-state index contributed by atoms with van der Waals surface area (Å²) in [6.07, 6.45) is 0.704. The first-order chi connectivity index (χ1) is 11.1. The normalized spacial score (nSPS) is 11.6. The van der Waals surface area contributed by atoms with Crippen LogP contribution in [0.3, 0.4) is 0 Å². The molecule has 0 unspecified atom stereocenters. The van der Waals surface area contributed by atoms with Gasteiger partial charge in [-0.25, -0.2) is 8.42 Å². The third-order valence-electron chi connectivity index (χ3n) is 3.42. The summed E-state index contributed by atoms with van der Waals surface area (Å²) >= 11 is 0. The van der Waals surface area contributed by atoms with Gasteiger partial charge in [-0.2, -0.15) is 4.31 Å². The third-order valence-corrected chi connectivity index (χ3v) is 5.23. The van der Waals surface area contributed by atoms with E-state index >= 15 is 0 Å². The molecule has 0 aromatic heterocycles. The summed E-state index contributed by atoms with van der Waals surface area (Å²) in [7, 11) is -3.61. The number of sulfonamides is 1. The largest absolute Gasteiger partial charge is 0.244 e. The van der Waals surface area contributed by atoms with Crippen molar-refractivity contribution in [2.45, 2.75) is 45.9 Å². The first kappa shape index (κ1) is 20.3. The molecule has 0 saturated carbocycles. The highest BCUT2D eigenvalue weighted by Gasteiger charge is 2.24. The molecule has 0 atom stereocenters. The van der Waals surface area contributed by atoms with E-state index in [1.807, 2.05) is 34.6 Å². The van der Waals surface area contributed by atoms with Crippen LogP contribution in [0.15, 0.2) is 47.0 Å². The molecule has 1 rings (SSSR count). The Balaban J connectivity index is 3.21. The van der Waals surface area contributed by atoms with Crippen molar-refractivity contribution in [1.29, 1.82) is 0 Å². The summed E-state index contributed by atoms with van der Waals surface area (Å²) in [5.74, 6) is 6.09. The van der Waals surface area contributed by atoms with Crippen LogP contribution in [0.2, 0.25) is 0 Å². The topological polar surface area (TPSA) is 37.4 Å². The minimum Gasteiger partial charge on any atom is -0.207 e. The van der Waals surface area contributed by atoms with E-state index in [1.54, 1.807) is 24.3 Å². The fourth-order valence-corrected chi connectivity index (χ4v) is 3.32. The van der Waals surface area contributed by atoms with E-state index in [0.717, 1.165) is 11.1 Å². The number of hydrogen-bond acceptors (Lipinski definition) is 2. The molecular weight excluding hydrogens is 318 g/mol. The Morgan fingerprint density at radius 2 is 1.79 bits per heavy atom. The summed E-state index contributed by atoms with van der Waals surface area (Å²) < 4.78 is 27.3. The standard InChI is InChI=1S/C20H27NO2S/c1-7-18(8-2)16-21(15-9-14-20(4,5)6)24(22,23)19-12-10-17(3)11-13-19/h10-13H,1,8,15-16H2,2-6H3. The molecule has 24 heavy (non-hydrogen) atoms. The van der Waals surface area contributed by atoms with Crippen molar-refractivity contribution in [2.24, 2.45) is 5.41 Å². The van der Waals surface area contributed by atoms with Gasteiger partial charge in [0, 0.05) is 12.0 Å². The van der Waals surface area contributed by atoms with Crippen LogP contribution in [0.25, 0.3) is 0 Å². The van der Waals surface area contributed by atoms with Gasteiger partial charge in [-0.1, -0.05) is 43.0 Å². The third kappa shape index (κ3) is 6.02. The van der Waals surface area contributed by atoms with E-state index in [-0.39, 0.29) is 23.4 Å². The van der Waals surface area contributed by atoms with Crippen LogP contribution in [-0.4, -0.2) is 25.8 Å². The van der Waals surface area contributed by atoms with Crippen molar-refractivity contribution in [3.63, 3.8) is 0 Å². The average Bonchev–Trinajstić information content (AvgIpc) is 2.50. The SMILES string of the molecule is C=C=C(CC)CN(CC#CC(C)(C)C)S(=O)(=O)c1ccc(C)cc1. The Bertz CT molecular complexity index is 766. The lowest BCUT2D eigenvalue weighted by Gasteiger charge is -2.21. The van der Waals surface area contributed by atoms with Gasteiger partial charge < -0.3 is 0 Å². The van der Waals surface area contributed by atoms with E-state index in [0.29, 0.717) is 6.42 Å². The second kappa shape index (κ2) is 8.35. The Kier molecular flexibility index (Phi) is 7.05. The summed E-state index contributed by atoms with van der Waals surface area (Å²) in [5.41, 5.74) is 4.54. The molecule has 0 amide bonds. The van der Waals surface area contributed by atoms with Crippen molar-refractivity contribution in [2.75, 3.05) is 13.1 Å². The highest BCUT2D eigenvalue weighted by atomic mass is 32.2.